The van der Waals surface area contributed by atoms with E-state index in [4.69, 9.17) is 0 Å². The number of carbonyl (C=O) groups excluding carboxylic acids is 1. The summed E-state index contributed by atoms with van der Waals surface area (Å²) in [5, 5.41) is 0. The van der Waals surface area contributed by atoms with Crippen molar-refractivity contribution in [2.24, 2.45) is 0 Å². The normalized spacial score (nSPS) is 17.7. The number of para-hydroxylation sites is 1. The summed E-state index contributed by atoms with van der Waals surface area (Å²) in [7, 11) is -3.61. The maximum Gasteiger partial charge on any atom is 0.258 e. The molecule has 5 nitrogen and oxygen atoms in total. The Morgan fingerprint density at radius 3 is 2.59 bits per heavy atom. The summed E-state index contributed by atoms with van der Waals surface area (Å²) < 4.78 is 28.2. The van der Waals surface area contributed by atoms with Crippen molar-refractivity contribution in [1.29, 1.82) is 0 Å². The second-order valence-electron chi connectivity index (χ2n) is 7.32. The third kappa shape index (κ3) is 3.77. The molecule has 2 aromatic rings. The molecule has 6 heteroatoms. The van der Waals surface area contributed by atoms with Gasteiger partial charge in [0.25, 0.3) is 5.91 Å². The molecule has 1 heterocycles. The first kappa shape index (κ1) is 18.2. The minimum Gasteiger partial charge on any atom is -0.308 e. The van der Waals surface area contributed by atoms with Gasteiger partial charge in [0.1, 0.15) is 0 Å². The molecule has 0 spiro atoms. The Kier molecular flexibility index (Phi) is 5.02. The lowest BCUT2D eigenvalue weighted by Gasteiger charge is -2.29. The molecule has 1 aliphatic heterocycles. The third-order valence-corrected chi connectivity index (χ3v) is 6.94. The van der Waals surface area contributed by atoms with E-state index >= 15 is 0 Å². The van der Waals surface area contributed by atoms with Crippen LogP contribution in [0.2, 0.25) is 0 Å². The highest BCUT2D eigenvalue weighted by atomic mass is 32.2. The first-order valence-electron chi connectivity index (χ1n) is 9.57. The molecule has 0 aromatic heterocycles. The molecule has 1 saturated carbocycles. The van der Waals surface area contributed by atoms with Crippen molar-refractivity contribution in [3.05, 3.63) is 59.7 Å². The lowest BCUT2D eigenvalue weighted by molar-refractivity contribution is 0.0985. The van der Waals surface area contributed by atoms with E-state index in [1.54, 1.807) is 23.1 Å². The molecule has 0 radical (unpaired) electrons. The number of hydrogen-bond donors (Lipinski definition) is 1. The Labute approximate surface area is 160 Å². The van der Waals surface area contributed by atoms with Crippen molar-refractivity contribution < 1.29 is 13.2 Å². The van der Waals surface area contributed by atoms with Crippen molar-refractivity contribution in [2.45, 2.75) is 49.5 Å². The second-order valence-corrected chi connectivity index (χ2v) is 9.03. The van der Waals surface area contributed by atoms with E-state index in [9.17, 15) is 13.2 Å². The molecular weight excluding hydrogens is 360 g/mol. The summed E-state index contributed by atoms with van der Waals surface area (Å²) in [6.07, 6.45) is 5.73. The fraction of sp³-hybridized carbons (Fsp3) is 0.381. The van der Waals surface area contributed by atoms with Gasteiger partial charge in [0.15, 0.2) is 0 Å². The lowest BCUT2D eigenvalue weighted by atomic mass is 10.0. The third-order valence-electron chi connectivity index (χ3n) is 5.42. The number of nitrogens with zero attached hydrogens (tertiary/aromatic N) is 1. The summed E-state index contributed by atoms with van der Waals surface area (Å²) >= 11 is 0. The highest BCUT2D eigenvalue weighted by molar-refractivity contribution is 7.89. The number of amides is 1. The smallest absolute Gasteiger partial charge is 0.258 e. The van der Waals surface area contributed by atoms with Crippen LogP contribution in [0.4, 0.5) is 5.69 Å². The number of carbonyl (C=O) groups is 1. The van der Waals surface area contributed by atoms with Crippen LogP contribution in [-0.4, -0.2) is 26.9 Å². The molecule has 4 rings (SSSR count). The molecule has 0 atom stereocenters. The van der Waals surface area contributed by atoms with Crippen molar-refractivity contribution in [3.63, 3.8) is 0 Å². The fourth-order valence-corrected chi connectivity index (χ4v) is 5.38. The molecule has 1 N–H and O–H groups in total. The largest absolute Gasteiger partial charge is 0.308 e. The highest BCUT2D eigenvalue weighted by Crippen LogP contribution is 2.28. The van der Waals surface area contributed by atoms with E-state index in [-0.39, 0.29) is 16.8 Å². The number of sulfonamides is 1. The number of benzene rings is 2. The summed E-state index contributed by atoms with van der Waals surface area (Å²) in [4.78, 5) is 15.0. The number of hydrogen-bond acceptors (Lipinski definition) is 3. The standard InChI is InChI=1S/C21H24N2O3S/c24-21(23-14-6-9-16-7-1-4-13-20(16)23)17-8-5-12-19(15-17)27(25,26)22-18-10-2-3-11-18/h1,4-5,7-8,12-13,15,18,22H,2-3,6,9-11,14H2. The van der Waals surface area contributed by atoms with Gasteiger partial charge in [-0.05, 0) is 55.5 Å². The molecule has 0 saturated heterocycles. The Morgan fingerprint density at radius 2 is 1.78 bits per heavy atom. The number of aryl methyl sites for hydroxylation is 1. The van der Waals surface area contributed by atoms with Gasteiger partial charge in [-0.25, -0.2) is 13.1 Å². The lowest BCUT2D eigenvalue weighted by Crippen LogP contribution is -2.36. The number of rotatable bonds is 4. The quantitative estimate of drug-likeness (QED) is 0.877. The summed E-state index contributed by atoms with van der Waals surface area (Å²) in [6, 6.07) is 14.3. The predicted octanol–water partition coefficient (Wildman–Crippen LogP) is 3.50. The van der Waals surface area contributed by atoms with E-state index in [0.29, 0.717) is 12.1 Å². The summed E-state index contributed by atoms with van der Waals surface area (Å²) in [5.41, 5.74) is 2.48. The molecule has 0 unspecified atom stereocenters. The molecule has 2 aromatic carbocycles. The van der Waals surface area contributed by atoms with Gasteiger partial charge in [-0.15, -0.1) is 0 Å². The van der Waals surface area contributed by atoms with Crippen LogP contribution in [-0.2, 0) is 16.4 Å². The Balaban J connectivity index is 1.60. The zero-order valence-corrected chi connectivity index (χ0v) is 16.0. The van der Waals surface area contributed by atoms with Gasteiger partial charge < -0.3 is 4.90 Å². The highest BCUT2D eigenvalue weighted by Gasteiger charge is 2.26. The number of anilines is 1. The average Bonchev–Trinajstić information content (AvgIpc) is 3.19. The van der Waals surface area contributed by atoms with Gasteiger partial charge in [0.2, 0.25) is 10.0 Å². The van der Waals surface area contributed by atoms with E-state index in [2.05, 4.69) is 4.72 Å². The zero-order chi connectivity index (χ0) is 18.9. The SMILES string of the molecule is O=C(c1cccc(S(=O)(=O)NC2CCCC2)c1)N1CCCc2ccccc21. The van der Waals surface area contributed by atoms with Crippen molar-refractivity contribution >= 4 is 21.6 Å². The Bertz CT molecular complexity index is 949. The van der Waals surface area contributed by atoms with Gasteiger partial charge in [-0.3, -0.25) is 4.79 Å². The predicted molar refractivity (Wildman–Crippen MR) is 105 cm³/mol. The maximum atomic E-state index is 13.1. The molecule has 142 valence electrons. The summed E-state index contributed by atoms with van der Waals surface area (Å²) in [5.74, 6) is -0.153. The molecule has 1 amide bonds. The van der Waals surface area contributed by atoms with E-state index in [1.165, 1.54) is 6.07 Å². The van der Waals surface area contributed by atoms with E-state index < -0.39 is 10.0 Å². The average molecular weight is 385 g/mol. The van der Waals surface area contributed by atoms with Gasteiger partial charge in [-0.2, -0.15) is 0 Å². The van der Waals surface area contributed by atoms with E-state index in [0.717, 1.165) is 49.8 Å². The topological polar surface area (TPSA) is 66.5 Å². The zero-order valence-electron chi connectivity index (χ0n) is 15.2. The van der Waals surface area contributed by atoms with Crippen LogP contribution >= 0.6 is 0 Å². The van der Waals surface area contributed by atoms with Crippen LogP contribution in [0.3, 0.4) is 0 Å². The minimum absolute atomic E-state index is 0.00308. The first-order chi connectivity index (χ1) is 13.0. The van der Waals surface area contributed by atoms with Crippen LogP contribution < -0.4 is 9.62 Å². The summed E-state index contributed by atoms with van der Waals surface area (Å²) in [6.45, 7) is 0.646. The van der Waals surface area contributed by atoms with Gasteiger partial charge >= 0.3 is 0 Å². The van der Waals surface area contributed by atoms with Gasteiger partial charge in [-0.1, -0.05) is 37.1 Å². The van der Waals surface area contributed by atoms with Crippen LogP contribution in [0.25, 0.3) is 0 Å². The van der Waals surface area contributed by atoms with Crippen LogP contribution in [0.1, 0.15) is 48.0 Å². The minimum atomic E-state index is -3.61. The molecule has 27 heavy (non-hydrogen) atoms. The Morgan fingerprint density at radius 1 is 1.00 bits per heavy atom. The molecule has 1 aliphatic carbocycles. The van der Waals surface area contributed by atoms with E-state index in [1.807, 2.05) is 24.3 Å². The molecular formula is C21H24N2O3S. The van der Waals surface area contributed by atoms with Crippen LogP contribution in [0.5, 0.6) is 0 Å². The van der Waals surface area contributed by atoms with Crippen molar-refractivity contribution in [1.82, 2.24) is 4.72 Å². The Hall–Kier alpha value is -2.18. The number of fused-ring (bicyclic) bond motifs is 1. The van der Waals surface area contributed by atoms with Crippen molar-refractivity contribution in [2.75, 3.05) is 11.4 Å². The van der Waals surface area contributed by atoms with Crippen molar-refractivity contribution in [3.8, 4) is 0 Å². The van der Waals surface area contributed by atoms with Crippen LogP contribution in [0, 0.1) is 0 Å². The maximum absolute atomic E-state index is 13.1. The molecule has 1 fully saturated rings. The fourth-order valence-electron chi connectivity index (χ4n) is 4.03. The van der Waals surface area contributed by atoms with Crippen LogP contribution in [0.15, 0.2) is 53.4 Å². The monoisotopic (exact) mass is 384 g/mol. The van der Waals surface area contributed by atoms with Gasteiger partial charge in [0.05, 0.1) is 4.90 Å². The number of nitrogens with one attached hydrogen (secondary N) is 1. The second kappa shape index (κ2) is 7.44. The molecule has 0 bridgehead atoms. The molecule has 2 aliphatic rings. The van der Waals surface area contributed by atoms with Gasteiger partial charge in [0, 0.05) is 23.8 Å². The first-order valence-corrected chi connectivity index (χ1v) is 11.0.